The Labute approximate surface area is 121 Å². The molecule has 0 radical (unpaired) electrons. The maximum Gasteiger partial charge on any atom is 0.254 e. The lowest BCUT2D eigenvalue weighted by Crippen LogP contribution is -2.40. The van der Waals surface area contributed by atoms with Crippen LogP contribution < -0.4 is 5.32 Å². The molecule has 0 spiro atoms. The number of likely N-dealkylation sites (tertiary alicyclic amines) is 1. The van der Waals surface area contributed by atoms with Crippen molar-refractivity contribution in [3.05, 3.63) is 18.0 Å². The van der Waals surface area contributed by atoms with E-state index in [0.717, 1.165) is 6.54 Å². The van der Waals surface area contributed by atoms with Gasteiger partial charge in [0.2, 0.25) is 0 Å². The number of hydrogen-bond donors (Lipinski definition) is 1. The van der Waals surface area contributed by atoms with Gasteiger partial charge in [-0.25, -0.2) is 0 Å². The zero-order valence-electron chi connectivity index (χ0n) is 12.6. The van der Waals surface area contributed by atoms with Crippen molar-refractivity contribution >= 4 is 5.91 Å². The summed E-state index contributed by atoms with van der Waals surface area (Å²) in [6.07, 6.45) is 9.63. The van der Waals surface area contributed by atoms with Crippen LogP contribution >= 0.6 is 0 Å². The Bertz CT molecular complexity index is 429. The quantitative estimate of drug-likeness (QED) is 0.774. The van der Waals surface area contributed by atoms with Crippen LogP contribution in [0.2, 0.25) is 0 Å². The summed E-state index contributed by atoms with van der Waals surface area (Å²) in [5.74, 6) is -0.0153. The minimum Gasteiger partial charge on any atom is -0.350 e. The van der Waals surface area contributed by atoms with Crippen LogP contribution in [0.4, 0.5) is 0 Å². The average molecular weight is 278 g/mol. The number of unbranched alkanes of at least 4 members (excludes halogenated alkanes) is 2. The van der Waals surface area contributed by atoms with Crippen LogP contribution in [0.25, 0.3) is 0 Å². The minimum atomic E-state index is -0.0153. The zero-order chi connectivity index (χ0) is 14.4. The lowest BCUT2D eigenvalue weighted by atomic mass is 10.2. The smallest absolute Gasteiger partial charge is 0.254 e. The molecule has 0 aliphatic carbocycles. The second kappa shape index (κ2) is 7.43. The molecule has 1 amide bonds. The largest absolute Gasteiger partial charge is 0.350 e. The SMILES string of the molecule is CCCCCN1CCCC1CNC(=O)c1cnn(C)c1. The lowest BCUT2D eigenvalue weighted by molar-refractivity contribution is 0.0940. The first kappa shape index (κ1) is 15.0. The van der Waals surface area contributed by atoms with Crippen molar-refractivity contribution < 1.29 is 4.79 Å². The normalized spacial score (nSPS) is 19.4. The lowest BCUT2D eigenvalue weighted by Gasteiger charge is -2.24. The van der Waals surface area contributed by atoms with Gasteiger partial charge in [-0.3, -0.25) is 14.4 Å². The molecule has 0 aromatic carbocycles. The molecule has 5 nitrogen and oxygen atoms in total. The number of rotatable bonds is 7. The minimum absolute atomic E-state index is 0.0153. The molecule has 1 saturated heterocycles. The number of hydrogen-bond acceptors (Lipinski definition) is 3. The first-order chi connectivity index (χ1) is 9.70. The molecular formula is C15H26N4O. The van der Waals surface area contributed by atoms with E-state index in [1.54, 1.807) is 17.1 Å². The second-order valence-corrected chi connectivity index (χ2v) is 5.65. The molecule has 1 fully saturated rings. The van der Waals surface area contributed by atoms with E-state index in [2.05, 4.69) is 22.2 Å². The standard InChI is InChI=1S/C15H26N4O/c1-3-4-5-8-19-9-6-7-14(19)11-16-15(20)13-10-17-18(2)12-13/h10,12,14H,3-9,11H2,1-2H3,(H,16,20). The van der Waals surface area contributed by atoms with Crippen LogP contribution in [0.3, 0.4) is 0 Å². The predicted molar refractivity (Wildman–Crippen MR) is 79.7 cm³/mol. The molecule has 1 aromatic rings. The van der Waals surface area contributed by atoms with Crippen molar-refractivity contribution in [3.63, 3.8) is 0 Å². The summed E-state index contributed by atoms with van der Waals surface area (Å²) in [6.45, 7) is 5.33. The number of aryl methyl sites for hydroxylation is 1. The molecule has 1 N–H and O–H groups in total. The maximum atomic E-state index is 12.0. The first-order valence-electron chi connectivity index (χ1n) is 7.71. The van der Waals surface area contributed by atoms with Crippen molar-refractivity contribution in [1.82, 2.24) is 20.0 Å². The van der Waals surface area contributed by atoms with E-state index < -0.39 is 0 Å². The molecule has 0 bridgehead atoms. The Morgan fingerprint density at radius 3 is 3.05 bits per heavy atom. The summed E-state index contributed by atoms with van der Waals surface area (Å²) in [4.78, 5) is 14.5. The number of aromatic nitrogens is 2. The third-order valence-electron chi connectivity index (χ3n) is 4.01. The van der Waals surface area contributed by atoms with E-state index in [-0.39, 0.29) is 5.91 Å². The van der Waals surface area contributed by atoms with E-state index >= 15 is 0 Å². The molecule has 5 heteroatoms. The van der Waals surface area contributed by atoms with Gasteiger partial charge in [0, 0.05) is 25.8 Å². The number of nitrogens with zero attached hydrogens (tertiary/aromatic N) is 3. The molecule has 2 heterocycles. The van der Waals surface area contributed by atoms with E-state index in [4.69, 9.17) is 0 Å². The summed E-state index contributed by atoms with van der Waals surface area (Å²) >= 11 is 0. The van der Waals surface area contributed by atoms with Crippen LogP contribution in [0.5, 0.6) is 0 Å². The molecule has 1 aromatic heterocycles. The highest BCUT2D eigenvalue weighted by molar-refractivity contribution is 5.93. The van der Waals surface area contributed by atoms with Crippen LogP contribution in [0.15, 0.2) is 12.4 Å². The molecule has 1 aliphatic heterocycles. The number of carbonyl (C=O) groups excluding carboxylic acids is 1. The van der Waals surface area contributed by atoms with Crippen LogP contribution in [-0.4, -0.2) is 46.3 Å². The van der Waals surface area contributed by atoms with Gasteiger partial charge in [0.05, 0.1) is 11.8 Å². The van der Waals surface area contributed by atoms with Gasteiger partial charge in [-0.2, -0.15) is 5.10 Å². The molecule has 2 rings (SSSR count). The van der Waals surface area contributed by atoms with E-state index in [1.807, 2.05) is 7.05 Å². The van der Waals surface area contributed by atoms with Gasteiger partial charge in [0.25, 0.3) is 5.91 Å². The average Bonchev–Trinajstić information content (AvgIpc) is 3.05. The maximum absolute atomic E-state index is 12.0. The predicted octanol–water partition coefficient (Wildman–Crippen LogP) is 1.80. The van der Waals surface area contributed by atoms with Crippen LogP contribution in [-0.2, 0) is 7.05 Å². The fourth-order valence-corrected chi connectivity index (χ4v) is 2.84. The van der Waals surface area contributed by atoms with Crippen molar-refractivity contribution in [3.8, 4) is 0 Å². The summed E-state index contributed by atoms with van der Waals surface area (Å²) < 4.78 is 1.65. The Hall–Kier alpha value is -1.36. The summed E-state index contributed by atoms with van der Waals surface area (Å²) in [6, 6.07) is 0.507. The van der Waals surface area contributed by atoms with Crippen molar-refractivity contribution in [2.75, 3.05) is 19.6 Å². The number of nitrogens with one attached hydrogen (secondary N) is 1. The highest BCUT2D eigenvalue weighted by Gasteiger charge is 2.24. The fourth-order valence-electron chi connectivity index (χ4n) is 2.84. The van der Waals surface area contributed by atoms with Gasteiger partial charge >= 0.3 is 0 Å². The molecular weight excluding hydrogens is 252 g/mol. The molecule has 0 saturated carbocycles. The zero-order valence-corrected chi connectivity index (χ0v) is 12.6. The van der Waals surface area contributed by atoms with Gasteiger partial charge in [0.1, 0.15) is 0 Å². The third kappa shape index (κ3) is 4.07. The van der Waals surface area contributed by atoms with Gasteiger partial charge in [-0.15, -0.1) is 0 Å². The third-order valence-corrected chi connectivity index (χ3v) is 4.01. The second-order valence-electron chi connectivity index (χ2n) is 5.65. The highest BCUT2D eigenvalue weighted by Crippen LogP contribution is 2.17. The van der Waals surface area contributed by atoms with E-state index in [9.17, 15) is 4.79 Å². The molecule has 1 unspecified atom stereocenters. The first-order valence-corrected chi connectivity index (χ1v) is 7.71. The summed E-state index contributed by atoms with van der Waals surface area (Å²) in [5.41, 5.74) is 0.642. The topological polar surface area (TPSA) is 50.2 Å². The van der Waals surface area contributed by atoms with Crippen LogP contribution in [0.1, 0.15) is 49.4 Å². The van der Waals surface area contributed by atoms with Crippen molar-refractivity contribution in [2.45, 2.75) is 45.1 Å². The van der Waals surface area contributed by atoms with Crippen molar-refractivity contribution in [2.24, 2.45) is 7.05 Å². The van der Waals surface area contributed by atoms with Crippen molar-refractivity contribution in [1.29, 1.82) is 0 Å². The van der Waals surface area contributed by atoms with Gasteiger partial charge in [-0.1, -0.05) is 19.8 Å². The van der Waals surface area contributed by atoms with Gasteiger partial charge in [-0.05, 0) is 32.4 Å². The molecule has 1 aliphatic rings. The Kier molecular flexibility index (Phi) is 5.59. The van der Waals surface area contributed by atoms with E-state index in [1.165, 1.54) is 45.2 Å². The summed E-state index contributed by atoms with van der Waals surface area (Å²) in [7, 11) is 1.82. The van der Waals surface area contributed by atoms with Gasteiger partial charge in [0.15, 0.2) is 0 Å². The molecule has 1 atom stereocenters. The Morgan fingerprint density at radius 1 is 1.50 bits per heavy atom. The Balaban J connectivity index is 1.76. The van der Waals surface area contributed by atoms with Gasteiger partial charge < -0.3 is 5.32 Å². The number of carbonyl (C=O) groups is 1. The summed E-state index contributed by atoms with van der Waals surface area (Å²) in [5, 5.41) is 7.07. The molecule has 20 heavy (non-hydrogen) atoms. The highest BCUT2D eigenvalue weighted by atomic mass is 16.1. The molecule has 112 valence electrons. The fraction of sp³-hybridized carbons (Fsp3) is 0.733. The van der Waals surface area contributed by atoms with E-state index in [0.29, 0.717) is 11.6 Å². The Morgan fingerprint density at radius 2 is 2.35 bits per heavy atom. The monoisotopic (exact) mass is 278 g/mol. The van der Waals surface area contributed by atoms with Crippen LogP contribution in [0, 0.1) is 0 Å². The number of amides is 1.